The number of nitrogens with one attached hydrogen (secondary N) is 1. The summed E-state index contributed by atoms with van der Waals surface area (Å²) in [6.07, 6.45) is 0.811. The van der Waals surface area contributed by atoms with Crippen LogP contribution in [0.3, 0.4) is 0 Å². The number of aryl methyl sites for hydroxylation is 2. The van der Waals surface area contributed by atoms with Crippen molar-refractivity contribution in [3.63, 3.8) is 0 Å². The van der Waals surface area contributed by atoms with Gasteiger partial charge in [-0.1, -0.05) is 31.1 Å². The number of nitrogens with zero attached hydrogens (tertiary/aromatic N) is 2. The molecule has 1 aliphatic rings. The zero-order valence-electron chi connectivity index (χ0n) is 14.1. The summed E-state index contributed by atoms with van der Waals surface area (Å²) in [6.45, 7) is 8.56. The van der Waals surface area contributed by atoms with Gasteiger partial charge in [0.05, 0.1) is 23.6 Å². The Morgan fingerprint density at radius 2 is 2.04 bits per heavy atom. The minimum atomic E-state index is -0.189. The van der Waals surface area contributed by atoms with Crippen molar-refractivity contribution >= 4 is 17.3 Å². The Kier molecular flexibility index (Phi) is 4.11. The Morgan fingerprint density at radius 1 is 1.30 bits per heavy atom. The normalized spacial score (nSPS) is 17.3. The van der Waals surface area contributed by atoms with Crippen LogP contribution in [0.25, 0.3) is 0 Å². The molecule has 1 aromatic heterocycles. The van der Waals surface area contributed by atoms with Gasteiger partial charge in [0.1, 0.15) is 11.8 Å². The molecule has 2 aromatic rings. The molecule has 1 aromatic carbocycles. The predicted octanol–water partition coefficient (Wildman–Crippen LogP) is 3.66. The fourth-order valence-corrected chi connectivity index (χ4v) is 3.07. The number of hydrogen-bond donors (Lipinski definition) is 1. The second-order valence-electron chi connectivity index (χ2n) is 6.57. The summed E-state index contributed by atoms with van der Waals surface area (Å²) in [6, 6.07) is 7.75. The van der Waals surface area contributed by atoms with Crippen LogP contribution in [-0.4, -0.2) is 17.1 Å². The predicted molar refractivity (Wildman–Crippen MR) is 90.5 cm³/mol. The third kappa shape index (κ3) is 2.96. The smallest absolute Gasteiger partial charge is 0.249 e. The fourth-order valence-electron chi connectivity index (χ4n) is 3.07. The molecule has 2 heterocycles. The molecule has 0 saturated carbocycles. The van der Waals surface area contributed by atoms with Gasteiger partial charge in [-0.25, -0.2) is 0 Å². The van der Waals surface area contributed by atoms with E-state index in [-0.39, 0.29) is 11.9 Å². The highest BCUT2D eigenvalue weighted by Crippen LogP contribution is 2.34. The van der Waals surface area contributed by atoms with E-state index in [1.54, 1.807) is 0 Å². The third-order valence-corrected chi connectivity index (χ3v) is 4.29. The highest BCUT2D eigenvalue weighted by Gasteiger charge is 2.33. The van der Waals surface area contributed by atoms with Gasteiger partial charge >= 0.3 is 0 Å². The van der Waals surface area contributed by atoms with E-state index < -0.39 is 0 Å². The van der Waals surface area contributed by atoms with Crippen molar-refractivity contribution in [3.05, 3.63) is 41.3 Å². The summed E-state index contributed by atoms with van der Waals surface area (Å²) in [5, 5.41) is 7.39. The second-order valence-corrected chi connectivity index (χ2v) is 6.57. The summed E-state index contributed by atoms with van der Waals surface area (Å²) in [5.41, 5.74) is 3.74. The molecule has 1 atom stereocenters. The van der Waals surface area contributed by atoms with Crippen molar-refractivity contribution < 1.29 is 9.32 Å². The first kappa shape index (κ1) is 15.6. The molecule has 5 nitrogen and oxygen atoms in total. The number of hydrogen-bond acceptors (Lipinski definition) is 4. The monoisotopic (exact) mass is 313 g/mol. The molecule has 0 bridgehead atoms. The van der Waals surface area contributed by atoms with Crippen LogP contribution in [0.4, 0.5) is 11.4 Å². The molecule has 122 valence electrons. The Bertz CT molecular complexity index is 701. The summed E-state index contributed by atoms with van der Waals surface area (Å²) < 4.78 is 5.25. The van der Waals surface area contributed by atoms with Crippen LogP contribution in [-0.2, 0) is 11.3 Å². The van der Waals surface area contributed by atoms with Crippen LogP contribution in [0.2, 0.25) is 0 Å². The molecule has 1 amide bonds. The average molecular weight is 313 g/mol. The summed E-state index contributed by atoms with van der Waals surface area (Å²) in [4.78, 5) is 14.8. The maximum absolute atomic E-state index is 13.0. The summed E-state index contributed by atoms with van der Waals surface area (Å²) >= 11 is 0. The van der Waals surface area contributed by atoms with Crippen molar-refractivity contribution in [1.29, 1.82) is 0 Å². The first-order chi connectivity index (χ1) is 11.0. The number of para-hydroxylation sites is 2. The zero-order valence-corrected chi connectivity index (χ0v) is 14.1. The second kappa shape index (κ2) is 6.07. The Labute approximate surface area is 136 Å². The van der Waals surface area contributed by atoms with Crippen molar-refractivity contribution in [2.24, 2.45) is 5.92 Å². The number of benzene rings is 1. The van der Waals surface area contributed by atoms with Crippen LogP contribution < -0.4 is 10.2 Å². The molecular weight excluding hydrogens is 290 g/mol. The molecule has 5 heteroatoms. The maximum atomic E-state index is 13.0. The molecule has 1 aliphatic heterocycles. The average Bonchev–Trinajstić information content (AvgIpc) is 2.82. The number of aromatic nitrogens is 1. The lowest BCUT2D eigenvalue weighted by molar-refractivity contribution is -0.120. The number of rotatable bonds is 4. The lowest BCUT2D eigenvalue weighted by atomic mass is 9.99. The first-order valence-corrected chi connectivity index (χ1v) is 8.06. The number of anilines is 2. The van der Waals surface area contributed by atoms with E-state index in [1.807, 2.05) is 43.0 Å². The molecule has 0 spiro atoms. The van der Waals surface area contributed by atoms with Crippen LogP contribution >= 0.6 is 0 Å². The summed E-state index contributed by atoms with van der Waals surface area (Å²) in [5.74, 6) is 1.33. The van der Waals surface area contributed by atoms with Gasteiger partial charge in [0, 0.05) is 5.56 Å². The SMILES string of the molecule is Cc1noc(C)c1CN1C(=O)C(CC(C)C)Nc2ccccc21. The van der Waals surface area contributed by atoms with Crippen molar-refractivity contribution in [3.8, 4) is 0 Å². The van der Waals surface area contributed by atoms with Crippen LogP contribution in [0.15, 0.2) is 28.8 Å². The van der Waals surface area contributed by atoms with Crippen LogP contribution in [0.1, 0.15) is 37.3 Å². The van der Waals surface area contributed by atoms with E-state index in [4.69, 9.17) is 4.52 Å². The largest absolute Gasteiger partial charge is 0.372 e. The van der Waals surface area contributed by atoms with Crippen LogP contribution in [0, 0.1) is 19.8 Å². The highest BCUT2D eigenvalue weighted by atomic mass is 16.5. The minimum absolute atomic E-state index is 0.109. The van der Waals surface area contributed by atoms with E-state index in [2.05, 4.69) is 24.3 Å². The fraction of sp³-hybridized carbons (Fsp3) is 0.444. The van der Waals surface area contributed by atoms with E-state index in [1.165, 1.54) is 0 Å². The molecule has 0 saturated heterocycles. The Balaban J connectivity index is 1.97. The molecule has 0 aliphatic carbocycles. The summed E-state index contributed by atoms with van der Waals surface area (Å²) in [7, 11) is 0. The van der Waals surface area contributed by atoms with E-state index in [9.17, 15) is 4.79 Å². The van der Waals surface area contributed by atoms with Gasteiger partial charge in [-0.2, -0.15) is 0 Å². The zero-order chi connectivity index (χ0) is 16.6. The van der Waals surface area contributed by atoms with E-state index in [0.29, 0.717) is 12.5 Å². The van der Waals surface area contributed by atoms with Gasteiger partial charge in [-0.05, 0) is 38.3 Å². The van der Waals surface area contributed by atoms with E-state index in [0.717, 1.165) is 34.8 Å². The highest BCUT2D eigenvalue weighted by molar-refractivity contribution is 6.04. The number of fused-ring (bicyclic) bond motifs is 1. The molecule has 0 radical (unpaired) electrons. The van der Waals surface area contributed by atoms with Gasteiger partial charge in [-0.3, -0.25) is 4.79 Å². The quantitative estimate of drug-likeness (QED) is 0.935. The topological polar surface area (TPSA) is 58.4 Å². The van der Waals surface area contributed by atoms with Crippen molar-refractivity contribution in [2.75, 3.05) is 10.2 Å². The molecule has 0 fully saturated rings. The van der Waals surface area contributed by atoms with Crippen molar-refractivity contribution in [1.82, 2.24) is 5.16 Å². The lowest BCUT2D eigenvalue weighted by Crippen LogP contribution is -2.47. The Morgan fingerprint density at radius 3 is 2.70 bits per heavy atom. The molecule has 3 rings (SSSR count). The van der Waals surface area contributed by atoms with E-state index >= 15 is 0 Å². The molecule has 1 unspecified atom stereocenters. The number of carbonyl (C=O) groups is 1. The maximum Gasteiger partial charge on any atom is 0.249 e. The number of amides is 1. The first-order valence-electron chi connectivity index (χ1n) is 8.06. The van der Waals surface area contributed by atoms with Gasteiger partial charge in [0.2, 0.25) is 5.91 Å². The van der Waals surface area contributed by atoms with Crippen molar-refractivity contribution in [2.45, 2.75) is 46.7 Å². The molecular formula is C18H23N3O2. The van der Waals surface area contributed by atoms with Crippen LogP contribution in [0.5, 0.6) is 0 Å². The molecule has 23 heavy (non-hydrogen) atoms. The standard InChI is InChI=1S/C18H23N3O2/c1-11(2)9-16-18(22)21(10-14-12(3)20-23-13(14)4)17-8-6-5-7-15(17)19-16/h5-8,11,16,19H,9-10H2,1-4H3. The lowest BCUT2D eigenvalue weighted by Gasteiger charge is -2.36. The Hall–Kier alpha value is -2.30. The van der Waals surface area contributed by atoms with Gasteiger partial charge in [0.15, 0.2) is 0 Å². The number of carbonyl (C=O) groups excluding carboxylic acids is 1. The third-order valence-electron chi connectivity index (χ3n) is 4.29. The molecule has 1 N–H and O–H groups in total. The van der Waals surface area contributed by atoms with Gasteiger partial charge < -0.3 is 14.7 Å². The minimum Gasteiger partial charge on any atom is -0.372 e. The van der Waals surface area contributed by atoms with Gasteiger partial charge in [-0.15, -0.1) is 0 Å². The van der Waals surface area contributed by atoms with Gasteiger partial charge in [0.25, 0.3) is 0 Å².